The van der Waals surface area contributed by atoms with Gasteiger partial charge in [-0.05, 0) is 189 Å². The number of Topliss-reactive ketones (excluding diaryl/α,β-unsaturated/α-hetero) is 3. The number of sulfone groups is 2. The van der Waals surface area contributed by atoms with E-state index in [1.54, 1.807) is 47.4 Å². The van der Waals surface area contributed by atoms with Crippen LogP contribution < -0.4 is 34.4 Å². The van der Waals surface area contributed by atoms with Crippen LogP contribution in [0.25, 0.3) is 44.3 Å². The van der Waals surface area contributed by atoms with Crippen molar-refractivity contribution in [3.63, 3.8) is 0 Å². The van der Waals surface area contributed by atoms with Crippen LogP contribution in [0.5, 0.6) is 11.5 Å². The van der Waals surface area contributed by atoms with E-state index in [9.17, 15) is 62.4 Å². The fraction of sp³-hybridized carbons (Fsp3) is 0.441. The Labute approximate surface area is 716 Å². The molecule has 2 aromatic heterocycles. The molecule has 8 aromatic rings. The summed E-state index contributed by atoms with van der Waals surface area (Å²) in [4.78, 5) is 87.6. The Morgan fingerprint density at radius 3 is 1.55 bits per heavy atom. The Morgan fingerprint density at radius 2 is 1.04 bits per heavy atom. The summed E-state index contributed by atoms with van der Waals surface area (Å²) >= 11 is 0. The molecule has 2 aliphatic carbocycles. The molecule has 0 spiro atoms. The molecule has 0 unspecified atom stereocenters. The van der Waals surface area contributed by atoms with E-state index in [2.05, 4.69) is 32.8 Å². The first-order valence-corrected chi connectivity index (χ1v) is 50.1. The van der Waals surface area contributed by atoms with Gasteiger partial charge in [0.25, 0.3) is 0 Å². The Morgan fingerprint density at radius 1 is 0.533 bits per heavy atom. The molecule has 4 saturated heterocycles. The second-order valence-corrected chi connectivity index (χ2v) is 41.4. The van der Waals surface area contributed by atoms with Gasteiger partial charge >= 0.3 is 0 Å². The molecule has 7 aliphatic rings. The van der Waals surface area contributed by atoms with Crippen molar-refractivity contribution >= 4 is 119 Å². The largest absolute Gasteiger partial charge is 0.489 e. The Hall–Kier alpha value is -10.0. The zero-order chi connectivity index (χ0) is 86.0. The van der Waals surface area contributed by atoms with Gasteiger partial charge in [-0.2, -0.15) is 8.61 Å². The van der Waals surface area contributed by atoms with Crippen LogP contribution in [-0.4, -0.2) is 194 Å². The van der Waals surface area contributed by atoms with E-state index >= 15 is 0 Å². The number of hydrogen-bond donors (Lipinski definition) is 1. The number of nitrogens with one attached hydrogen (secondary N) is 1. The normalized spacial score (nSPS) is 18.7. The first-order valence-electron chi connectivity index (χ1n) is 42.8. The number of carbonyl (C=O) groups is 6. The van der Waals surface area contributed by atoms with E-state index < -0.39 is 62.8 Å². The van der Waals surface area contributed by atoms with Crippen molar-refractivity contribution in [2.75, 3.05) is 127 Å². The number of carbonyl (C=O) groups excluding carboxylic acids is 6. The molecule has 122 heavy (non-hydrogen) atoms. The quantitative estimate of drug-likeness (QED) is 0.0299. The smallest absolute Gasteiger partial charge is 0.239 e. The number of nitrogens with zero attached hydrogens (tertiary/aromatic N) is 8. The second kappa shape index (κ2) is 38.8. The molecule has 7 heterocycles. The van der Waals surface area contributed by atoms with E-state index in [1.165, 1.54) is 33.6 Å². The summed E-state index contributed by atoms with van der Waals surface area (Å²) in [5.74, 6) is -0.924. The SMILES string of the molecule is C=CCCNC(=O)Cn1c(-c2ccc(OCc3cc(N4CCCC4=O)ccc3N3CCN(S(C)(=O)=O)CC3)cc2)c(C2CCCCC2)c2ccc(C(=O)CS(=O)(=O)CC=C)cc21.CS(=O)(=O)N1CCN(c2ccc(N3CCCC3=O)cc2COc2ccc(-c3c(C4CCCCC4)c4ccc5cc4n3CC(=O)CCC/C=C\CS(=O)(=O)CC5=O)cc2)CC1. The van der Waals surface area contributed by atoms with Crippen molar-refractivity contribution in [2.24, 2.45) is 0 Å². The number of allylic oxidation sites excluding steroid dienone is 1. The maximum absolute atomic E-state index is 13.7. The summed E-state index contributed by atoms with van der Waals surface area (Å²) in [7, 11) is -13.9. The van der Waals surface area contributed by atoms with Crippen molar-refractivity contribution in [3.8, 4) is 34.0 Å². The number of fused-ring (bicyclic) bond motifs is 2. The highest BCUT2D eigenvalue weighted by atomic mass is 32.2. The summed E-state index contributed by atoms with van der Waals surface area (Å²) in [6.07, 6.45) is 24.3. The van der Waals surface area contributed by atoms with Crippen molar-refractivity contribution in [2.45, 2.75) is 154 Å². The summed E-state index contributed by atoms with van der Waals surface area (Å²) in [6, 6.07) is 38.4. The number of amides is 3. The van der Waals surface area contributed by atoms with E-state index in [0.717, 1.165) is 154 Å². The van der Waals surface area contributed by atoms with Gasteiger partial charge in [0.1, 0.15) is 42.8 Å². The minimum atomic E-state index is -3.69. The minimum Gasteiger partial charge on any atom is -0.489 e. The third-order valence-electron chi connectivity index (χ3n) is 24.6. The van der Waals surface area contributed by atoms with Gasteiger partial charge in [0, 0.05) is 158 Å². The van der Waals surface area contributed by atoms with Crippen molar-refractivity contribution < 1.29 is 71.9 Å². The zero-order valence-electron chi connectivity index (χ0n) is 69.8. The van der Waals surface area contributed by atoms with Crippen LogP contribution >= 0.6 is 0 Å². The molecule has 0 atom stereocenters. The highest BCUT2D eigenvalue weighted by Gasteiger charge is 2.35. The molecular formula is C93H111N9O16S4. The highest BCUT2D eigenvalue weighted by Crippen LogP contribution is 2.48. The molecular weight excluding hydrogens is 1630 g/mol. The molecule has 6 aromatic carbocycles. The Bertz CT molecular complexity index is 5790. The van der Waals surface area contributed by atoms with Crippen LogP contribution in [0.15, 0.2) is 159 Å². The molecule has 2 bridgehead atoms. The number of hydrogen-bond acceptors (Lipinski definition) is 18. The van der Waals surface area contributed by atoms with Crippen LogP contribution in [-0.2, 0) is 85.2 Å². The van der Waals surface area contributed by atoms with E-state index in [-0.39, 0.29) is 78.7 Å². The molecule has 3 amide bonds. The van der Waals surface area contributed by atoms with E-state index in [0.29, 0.717) is 133 Å². The topological polar surface area (TPSA) is 299 Å². The molecule has 0 radical (unpaired) electrons. The molecule has 29 heteroatoms. The third-order valence-corrected chi connectivity index (χ3v) is 30.1. The highest BCUT2D eigenvalue weighted by molar-refractivity contribution is 7.92. The van der Waals surface area contributed by atoms with Crippen LogP contribution in [0.1, 0.15) is 170 Å². The lowest BCUT2D eigenvalue weighted by Crippen LogP contribution is -2.48. The average molecular weight is 1740 g/mol. The van der Waals surface area contributed by atoms with Crippen molar-refractivity contribution in [1.29, 1.82) is 0 Å². The monoisotopic (exact) mass is 1740 g/mol. The van der Waals surface area contributed by atoms with Gasteiger partial charge < -0.3 is 43.5 Å². The molecule has 5 aliphatic heterocycles. The lowest BCUT2D eigenvalue weighted by atomic mass is 9.81. The zero-order valence-corrected chi connectivity index (χ0v) is 73.1. The maximum Gasteiger partial charge on any atom is 0.239 e. The predicted molar refractivity (Wildman–Crippen MR) is 480 cm³/mol. The van der Waals surface area contributed by atoms with E-state index in [4.69, 9.17) is 9.47 Å². The lowest BCUT2D eigenvalue weighted by Gasteiger charge is -2.36. The fourth-order valence-electron chi connectivity index (χ4n) is 18.5. The predicted octanol–water partition coefficient (Wildman–Crippen LogP) is 13.7. The Kier molecular flexibility index (Phi) is 28.1. The fourth-order valence-corrected chi connectivity index (χ4v) is 22.3. The number of aromatic nitrogens is 2. The number of ether oxygens (including phenoxy) is 2. The van der Waals surface area contributed by atoms with Crippen LogP contribution in [0.3, 0.4) is 0 Å². The van der Waals surface area contributed by atoms with Gasteiger partial charge in [0.15, 0.2) is 37.0 Å². The van der Waals surface area contributed by atoms with Crippen LogP contribution in [0.2, 0.25) is 0 Å². The first-order chi connectivity index (χ1) is 58.6. The van der Waals surface area contributed by atoms with Gasteiger partial charge in [0.05, 0.1) is 41.9 Å². The van der Waals surface area contributed by atoms with Gasteiger partial charge in [-0.3, -0.25) is 28.8 Å². The number of ketones is 3. The number of piperazine rings is 2. The third kappa shape index (κ3) is 21.1. The average Bonchev–Trinajstić information content (AvgIpc) is 1.59. The number of sulfonamides is 2. The van der Waals surface area contributed by atoms with Gasteiger partial charge in [-0.25, -0.2) is 33.7 Å². The number of benzene rings is 6. The standard InChI is InChI=1S/C47H57N5O8S2.C46H54N4O8S2/c1-4-6-22-48-44(54)31-52-42-30-36(43(53)33-62(58,59)28-5-2)16-20-40(42)46(34-11-8-7-9-12-34)47(52)35-14-18-39(19-15-35)60-32-37-29-38(51-23-10-13-45(51)55)17-21-41(37)49-24-26-50(27-25-49)61(3,56)57;1-59(54,55)48-25-23-47(24-26-48)41-21-17-37(49-22-9-13-44(49)53)28-36(41)31-58-39-18-14-34(15-19-39)46-45(33-10-5-4-6-11-33)40-20-16-35-29-42(40)50(46)30-38(51)12-7-2-3-8-27-60(56,57)32-43(35)52/h4-5,14-21,29-30,34H,1-2,6-13,22-28,31-33H2,3H3,(H,48,54);3,8,14-21,28-29,33H,2,4-7,9-13,22-27,30-32H2,1H3/b;8-3-. The summed E-state index contributed by atoms with van der Waals surface area (Å²) < 4.78 is 120. The molecule has 648 valence electrons. The lowest BCUT2D eigenvalue weighted by molar-refractivity contribution is -0.121. The number of rotatable bonds is 26. The number of anilines is 4. The summed E-state index contributed by atoms with van der Waals surface area (Å²) in [5, 5.41) is 4.90. The summed E-state index contributed by atoms with van der Waals surface area (Å²) in [6.45, 7) is 13.2. The van der Waals surface area contributed by atoms with Crippen molar-refractivity contribution in [3.05, 3.63) is 192 Å². The molecule has 2 saturated carbocycles. The van der Waals surface area contributed by atoms with Gasteiger partial charge in [0.2, 0.25) is 37.8 Å². The van der Waals surface area contributed by atoms with Gasteiger partial charge in [-0.1, -0.05) is 87.1 Å². The molecule has 1 N–H and O–H groups in total. The van der Waals surface area contributed by atoms with Crippen LogP contribution in [0, 0.1) is 0 Å². The second-order valence-electron chi connectivity index (χ2n) is 33.3. The molecule has 25 nitrogen and oxygen atoms in total. The van der Waals surface area contributed by atoms with E-state index in [1.807, 2.05) is 107 Å². The van der Waals surface area contributed by atoms with Crippen LogP contribution in [0.4, 0.5) is 22.7 Å². The summed E-state index contributed by atoms with van der Waals surface area (Å²) in [5.41, 5.74) is 13.2. The minimum absolute atomic E-state index is 0.0164. The molecule has 15 rings (SSSR count). The van der Waals surface area contributed by atoms with Crippen molar-refractivity contribution in [1.82, 2.24) is 23.1 Å². The first kappa shape index (κ1) is 88.3. The van der Waals surface area contributed by atoms with Gasteiger partial charge in [-0.15, -0.1) is 13.2 Å². The Balaban J connectivity index is 0.000000199. The molecule has 6 fully saturated rings. The maximum atomic E-state index is 13.7.